The second kappa shape index (κ2) is 6.29. The van der Waals surface area contributed by atoms with Crippen molar-refractivity contribution in [3.8, 4) is 0 Å². The van der Waals surface area contributed by atoms with Crippen LogP contribution in [0, 0.1) is 0 Å². The molecule has 0 unspecified atom stereocenters. The number of nitrogens with zero attached hydrogens (tertiary/aromatic N) is 2. The first-order chi connectivity index (χ1) is 10.3. The van der Waals surface area contributed by atoms with Crippen molar-refractivity contribution in [1.29, 1.82) is 0 Å². The number of benzene rings is 1. The van der Waals surface area contributed by atoms with E-state index in [0.717, 1.165) is 30.2 Å². The molecular weight excluding hydrogens is 264 g/mol. The van der Waals surface area contributed by atoms with E-state index < -0.39 is 0 Å². The normalized spacial score (nSPS) is 24.5. The van der Waals surface area contributed by atoms with Crippen molar-refractivity contribution in [2.75, 3.05) is 13.2 Å². The second-order valence-electron chi connectivity index (χ2n) is 5.52. The summed E-state index contributed by atoms with van der Waals surface area (Å²) in [7, 11) is 0. The van der Waals surface area contributed by atoms with E-state index >= 15 is 0 Å². The van der Waals surface area contributed by atoms with Crippen molar-refractivity contribution in [3.63, 3.8) is 0 Å². The topological polar surface area (TPSA) is 43.2 Å². The Labute approximate surface area is 125 Å². The molecule has 4 nitrogen and oxygen atoms in total. The molecule has 1 aromatic carbocycles. The lowest BCUT2D eigenvalue weighted by Crippen LogP contribution is -2.22. The molecule has 0 N–H and O–H groups in total. The third kappa shape index (κ3) is 2.94. The fraction of sp³-hybridized carbons (Fsp3) is 0.529. The Kier molecular flexibility index (Phi) is 4.23. The van der Waals surface area contributed by atoms with Crippen LogP contribution in [0.25, 0.3) is 0 Å². The summed E-state index contributed by atoms with van der Waals surface area (Å²) in [5.41, 5.74) is 1.13. The monoisotopic (exact) mass is 286 g/mol. The highest BCUT2D eigenvalue weighted by Gasteiger charge is 2.34. The standard InChI is InChI=1S/C17H22N2O2/c1-3-13-10-20-16(18-13)15(12-8-6-5-7-9-12)17-19-14(4-2)11-21-17/h5-9,13-15H,3-4,10-11H2,1-2H3/t13-,14-/m1/s1. The van der Waals surface area contributed by atoms with Crippen molar-refractivity contribution >= 4 is 11.8 Å². The molecule has 0 aliphatic carbocycles. The van der Waals surface area contributed by atoms with Crippen LogP contribution in [0.4, 0.5) is 0 Å². The minimum absolute atomic E-state index is 0.0979. The van der Waals surface area contributed by atoms with Crippen LogP contribution in [-0.4, -0.2) is 37.1 Å². The first kappa shape index (κ1) is 14.1. The molecule has 2 aliphatic rings. The molecule has 4 heteroatoms. The van der Waals surface area contributed by atoms with Crippen LogP contribution in [0.1, 0.15) is 38.2 Å². The maximum absolute atomic E-state index is 5.84. The van der Waals surface area contributed by atoms with Gasteiger partial charge in [0, 0.05) is 0 Å². The van der Waals surface area contributed by atoms with Crippen LogP contribution in [0.2, 0.25) is 0 Å². The summed E-state index contributed by atoms with van der Waals surface area (Å²) >= 11 is 0. The lowest BCUT2D eigenvalue weighted by molar-refractivity contribution is 0.290. The van der Waals surface area contributed by atoms with Crippen molar-refractivity contribution in [1.82, 2.24) is 0 Å². The Morgan fingerprint density at radius 3 is 1.90 bits per heavy atom. The second-order valence-corrected chi connectivity index (χ2v) is 5.52. The highest BCUT2D eigenvalue weighted by atomic mass is 16.5. The summed E-state index contributed by atoms with van der Waals surface area (Å²) in [4.78, 5) is 9.42. The molecule has 3 rings (SSSR count). The van der Waals surface area contributed by atoms with E-state index in [1.54, 1.807) is 0 Å². The van der Waals surface area contributed by atoms with Crippen LogP contribution >= 0.6 is 0 Å². The van der Waals surface area contributed by atoms with Gasteiger partial charge < -0.3 is 9.47 Å². The van der Waals surface area contributed by atoms with E-state index in [-0.39, 0.29) is 18.0 Å². The molecule has 0 spiro atoms. The van der Waals surface area contributed by atoms with Crippen LogP contribution in [0.15, 0.2) is 40.3 Å². The molecule has 0 radical (unpaired) electrons. The fourth-order valence-electron chi connectivity index (χ4n) is 2.64. The van der Waals surface area contributed by atoms with E-state index in [1.807, 2.05) is 18.2 Å². The minimum Gasteiger partial charge on any atom is -0.478 e. The maximum atomic E-state index is 5.84. The van der Waals surface area contributed by atoms with Crippen LogP contribution in [0.3, 0.4) is 0 Å². The SMILES string of the molecule is CC[C@@H]1COC(C(C2=N[C@H](CC)CO2)c2ccccc2)=N1. The molecule has 0 saturated heterocycles. The number of aliphatic imine (C=N–C) groups is 2. The molecule has 0 aromatic heterocycles. The Morgan fingerprint density at radius 1 is 0.952 bits per heavy atom. The van der Waals surface area contributed by atoms with Gasteiger partial charge in [-0.2, -0.15) is 0 Å². The summed E-state index contributed by atoms with van der Waals surface area (Å²) < 4.78 is 11.7. The van der Waals surface area contributed by atoms with Gasteiger partial charge in [-0.3, -0.25) is 0 Å². The van der Waals surface area contributed by atoms with Gasteiger partial charge in [-0.25, -0.2) is 9.98 Å². The average Bonchev–Trinajstić information content (AvgIpc) is 3.18. The molecule has 2 atom stereocenters. The van der Waals surface area contributed by atoms with Crippen LogP contribution in [-0.2, 0) is 9.47 Å². The summed E-state index contributed by atoms with van der Waals surface area (Å²) in [6.07, 6.45) is 1.99. The first-order valence-corrected chi connectivity index (χ1v) is 7.77. The molecule has 0 bridgehead atoms. The van der Waals surface area contributed by atoms with Gasteiger partial charge in [0.25, 0.3) is 0 Å². The number of ether oxygens (including phenoxy) is 2. The third-order valence-corrected chi connectivity index (χ3v) is 4.04. The zero-order valence-corrected chi connectivity index (χ0v) is 12.7. The van der Waals surface area contributed by atoms with E-state index in [1.165, 1.54) is 0 Å². The van der Waals surface area contributed by atoms with Crippen LogP contribution < -0.4 is 0 Å². The van der Waals surface area contributed by atoms with E-state index in [4.69, 9.17) is 19.5 Å². The maximum Gasteiger partial charge on any atom is 0.201 e. The van der Waals surface area contributed by atoms with Gasteiger partial charge in [0.05, 0.1) is 12.1 Å². The first-order valence-electron chi connectivity index (χ1n) is 7.77. The quantitative estimate of drug-likeness (QED) is 0.834. The van der Waals surface area contributed by atoms with Crippen molar-refractivity contribution in [2.24, 2.45) is 9.98 Å². The van der Waals surface area contributed by atoms with Crippen LogP contribution in [0.5, 0.6) is 0 Å². The average molecular weight is 286 g/mol. The molecule has 1 aromatic rings. The lowest BCUT2D eigenvalue weighted by atomic mass is 9.98. The molecular formula is C17H22N2O2. The summed E-state index contributed by atoms with van der Waals surface area (Å²) in [5, 5.41) is 0. The molecule has 0 saturated carbocycles. The summed E-state index contributed by atoms with van der Waals surface area (Å²) in [6, 6.07) is 10.8. The predicted octanol–water partition coefficient (Wildman–Crippen LogP) is 3.18. The molecule has 0 fully saturated rings. The highest BCUT2D eigenvalue weighted by molar-refractivity contribution is 6.06. The number of hydrogen-bond acceptors (Lipinski definition) is 4. The van der Waals surface area contributed by atoms with Gasteiger partial charge in [-0.15, -0.1) is 0 Å². The zero-order chi connectivity index (χ0) is 14.7. The van der Waals surface area contributed by atoms with E-state index in [2.05, 4.69) is 26.0 Å². The molecule has 0 amide bonds. The van der Waals surface area contributed by atoms with Gasteiger partial charge >= 0.3 is 0 Å². The highest BCUT2D eigenvalue weighted by Crippen LogP contribution is 2.28. The van der Waals surface area contributed by atoms with Gasteiger partial charge in [0.1, 0.15) is 19.1 Å². The largest absolute Gasteiger partial charge is 0.478 e. The Bertz CT molecular complexity index is 509. The van der Waals surface area contributed by atoms with Gasteiger partial charge in [0.2, 0.25) is 11.8 Å². The van der Waals surface area contributed by atoms with Gasteiger partial charge in [-0.05, 0) is 18.4 Å². The summed E-state index contributed by atoms with van der Waals surface area (Å²) in [5.74, 6) is 1.41. The number of hydrogen-bond donors (Lipinski definition) is 0. The Balaban J connectivity index is 1.93. The molecule has 112 valence electrons. The molecule has 2 heterocycles. The Morgan fingerprint density at radius 2 is 1.48 bits per heavy atom. The van der Waals surface area contributed by atoms with E-state index in [9.17, 15) is 0 Å². The molecule has 2 aliphatic heterocycles. The van der Waals surface area contributed by atoms with Gasteiger partial charge in [0.15, 0.2) is 0 Å². The third-order valence-electron chi connectivity index (χ3n) is 4.04. The Hall–Kier alpha value is -1.84. The summed E-state index contributed by atoms with van der Waals surface area (Å²) in [6.45, 7) is 5.60. The predicted molar refractivity (Wildman–Crippen MR) is 84.1 cm³/mol. The van der Waals surface area contributed by atoms with Gasteiger partial charge in [-0.1, -0.05) is 44.2 Å². The van der Waals surface area contributed by atoms with Crippen molar-refractivity contribution in [3.05, 3.63) is 35.9 Å². The number of rotatable bonds is 5. The van der Waals surface area contributed by atoms with Crippen molar-refractivity contribution < 1.29 is 9.47 Å². The minimum atomic E-state index is -0.0979. The van der Waals surface area contributed by atoms with E-state index in [0.29, 0.717) is 13.2 Å². The smallest absolute Gasteiger partial charge is 0.201 e. The zero-order valence-electron chi connectivity index (χ0n) is 12.7. The van der Waals surface area contributed by atoms with Crippen molar-refractivity contribution in [2.45, 2.75) is 44.7 Å². The lowest BCUT2D eigenvalue weighted by Gasteiger charge is -2.16. The molecule has 21 heavy (non-hydrogen) atoms. The fourth-order valence-corrected chi connectivity index (χ4v) is 2.64.